The quantitative estimate of drug-likeness (QED) is 0.871. The summed E-state index contributed by atoms with van der Waals surface area (Å²) in [5.74, 6) is -0.0165. The van der Waals surface area contributed by atoms with Crippen molar-refractivity contribution < 1.29 is 14.3 Å². The Morgan fingerprint density at radius 3 is 3.08 bits per heavy atom. The van der Waals surface area contributed by atoms with Gasteiger partial charge in [-0.05, 0) is 36.1 Å². The van der Waals surface area contributed by atoms with Gasteiger partial charge in [0, 0.05) is 41.7 Å². The largest absolute Gasteiger partial charge is 0.368 e. The monoisotopic (exact) mass is 371 g/mol. The number of urea groups is 1. The molecule has 6 nitrogen and oxygen atoms in total. The molecule has 2 aromatic rings. The van der Waals surface area contributed by atoms with E-state index in [9.17, 15) is 9.59 Å². The van der Waals surface area contributed by atoms with E-state index in [1.807, 2.05) is 13.0 Å². The lowest BCUT2D eigenvalue weighted by atomic mass is 9.93. The summed E-state index contributed by atoms with van der Waals surface area (Å²) in [6.07, 6.45) is 0.923. The molecule has 2 N–H and O–H groups in total. The van der Waals surface area contributed by atoms with Crippen LogP contribution in [0.15, 0.2) is 29.6 Å². The van der Waals surface area contributed by atoms with E-state index in [0.717, 1.165) is 17.5 Å². The molecule has 2 aliphatic heterocycles. The Balaban J connectivity index is 1.45. The van der Waals surface area contributed by atoms with Crippen molar-refractivity contribution in [2.24, 2.45) is 0 Å². The maximum Gasteiger partial charge on any atom is 0.319 e. The van der Waals surface area contributed by atoms with Crippen LogP contribution in [-0.4, -0.2) is 37.0 Å². The molecule has 0 aliphatic carbocycles. The summed E-state index contributed by atoms with van der Waals surface area (Å²) in [5, 5.41) is 7.86. The number of carbonyl (C=O) groups excluding carboxylic acids is 2. The van der Waals surface area contributed by atoms with Crippen molar-refractivity contribution in [3.63, 3.8) is 0 Å². The van der Waals surface area contributed by atoms with Gasteiger partial charge < -0.3 is 20.3 Å². The predicted octanol–water partition coefficient (Wildman–Crippen LogP) is 2.94. The maximum atomic E-state index is 12.4. The first kappa shape index (κ1) is 17.1. The molecule has 1 aromatic carbocycles. The van der Waals surface area contributed by atoms with E-state index < -0.39 is 5.60 Å². The molecular weight excluding hydrogens is 350 g/mol. The van der Waals surface area contributed by atoms with Gasteiger partial charge in [0.2, 0.25) is 0 Å². The van der Waals surface area contributed by atoms with E-state index in [4.69, 9.17) is 4.74 Å². The van der Waals surface area contributed by atoms with E-state index in [-0.39, 0.29) is 11.9 Å². The zero-order valence-electron chi connectivity index (χ0n) is 14.8. The molecular formula is C19H21N3O3S. The van der Waals surface area contributed by atoms with Crippen molar-refractivity contribution in [1.29, 1.82) is 0 Å². The van der Waals surface area contributed by atoms with Crippen LogP contribution in [0.3, 0.4) is 0 Å². The molecule has 7 heteroatoms. The first-order valence-electron chi connectivity index (χ1n) is 8.61. The molecule has 1 atom stereocenters. The standard InChI is InChI=1S/C19H21N3O3S/c1-19(14-7-9-26-16(14)6-8-25-19)11-20-18(24)21-15-5-3-4-12-13(15)10-22(2)17(12)23/h3-5,7,9H,6,8,10-11H2,1-2H3,(H2,20,21,24). The number of hydrogen-bond donors (Lipinski definition) is 2. The van der Waals surface area contributed by atoms with Crippen LogP contribution in [0.25, 0.3) is 0 Å². The molecule has 26 heavy (non-hydrogen) atoms. The van der Waals surface area contributed by atoms with Crippen LogP contribution in [0.1, 0.15) is 33.3 Å². The molecule has 0 fully saturated rings. The Hall–Kier alpha value is -2.38. The zero-order chi connectivity index (χ0) is 18.3. The second kappa shape index (κ2) is 6.41. The lowest BCUT2D eigenvalue weighted by molar-refractivity contribution is -0.0416. The highest BCUT2D eigenvalue weighted by molar-refractivity contribution is 7.10. The summed E-state index contributed by atoms with van der Waals surface area (Å²) >= 11 is 1.73. The van der Waals surface area contributed by atoms with E-state index >= 15 is 0 Å². The second-order valence-corrected chi connectivity index (χ2v) is 7.89. The SMILES string of the molecule is CN1Cc2c(NC(=O)NCC3(C)OCCc4sccc43)cccc2C1=O. The lowest BCUT2D eigenvalue weighted by Crippen LogP contribution is -2.44. The van der Waals surface area contributed by atoms with Gasteiger partial charge in [-0.2, -0.15) is 0 Å². The summed E-state index contributed by atoms with van der Waals surface area (Å²) in [4.78, 5) is 27.5. The Labute approximate surface area is 156 Å². The fraction of sp³-hybridized carbons (Fsp3) is 0.368. The van der Waals surface area contributed by atoms with Crippen LogP contribution in [0.2, 0.25) is 0 Å². The summed E-state index contributed by atoms with van der Waals surface area (Å²) in [7, 11) is 1.76. The minimum atomic E-state index is -0.514. The number of fused-ring (bicyclic) bond motifs is 2. The molecule has 2 aliphatic rings. The van der Waals surface area contributed by atoms with Crippen molar-refractivity contribution in [2.45, 2.75) is 25.5 Å². The number of nitrogens with one attached hydrogen (secondary N) is 2. The number of ether oxygens (including phenoxy) is 1. The van der Waals surface area contributed by atoms with Crippen LogP contribution in [0.5, 0.6) is 0 Å². The fourth-order valence-corrected chi connectivity index (χ4v) is 4.58. The Kier molecular flexibility index (Phi) is 4.20. The van der Waals surface area contributed by atoms with Gasteiger partial charge in [-0.25, -0.2) is 4.79 Å². The third-order valence-corrected chi connectivity index (χ3v) is 6.03. The summed E-state index contributed by atoms with van der Waals surface area (Å²) in [5.41, 5.74) is 2.82. The molecule has 3 amide bonds. The summed E-state index contributed by atoms with van der Waals surface area (Å²) in [6, 6.07) is 7.17. The highest BCUT2D eigenvalue weighted by atomic mass is 32.1. The lowest BCUT2D eigenvalue weighted by Gasteiger charge is -2.34. The predicted molar refractivity (Wildman–Crippen MR) is 101 cm³/mol. The molecule has 0 radical (unpaired) electrons. The highest BCUT2D eigenvalue weighted by Gasteiger charge is 2.34. The zero-order valence-corrected chi connectivity index (χ0v) is 15.6. The average Bonchev–Trinajstić information content (AvgIpc) is 3.21. The molecule has 136 valence electrons. The minimum Gasteiger partial charge on any atom is -0.368 e. The number of nitrogens with zero attached hydrogens (tertiary/aromatic N) is 1. The van der Waals surface area contributed by atoms with Gasteiger partial charge in [0.05, 0.1) is 13.2 Å². The number of carbonyl (C=O) groups is 2. The van der Waals surface area contributed by atoms with Crippen LogP contribution in [-0.2, 0) is 23.3 Å². The third-order valence-electron chi connectivity index (χ3n) is 5.05. The van der Waals surface area contributed by atoms with Crippen LogP contribution in [0.4, 0.5) is 10.5 Å². The number of thiophene rings is 1. The number of hydrogen-bond acceptors (Lipinski definition) is 4. The van der Waals surface area contributed by atoms with Gasteiger partial charge in [0.25, 0.3) is 5.91 Å². The van der Waals surface area contributed by atoms with E-state index in [2.05, 4.69) is 22.1 Å². The number of benzene rings is 1. The summed E-state index contributed by atoms with van der Waals surface area (Å²) in [6.45, 7) is 3.56. The van der Waals surface area contributed by atoms with Gasteiger partial charge in [0.1, 0.15) is 5.60 Å². The smallest absolute Gasteiger partial charge is 0.319 e. The average molecular weight is 371 g/mol. The van der Waals surface area contributed by atoms with Crippen molar-refractivity contribution in [2.75, 3.05) is 25.5 Å². The number of rotatable bonds is 3. The van der Waals surface area contributed by atoms with Crippen molar-refractivity contribution in [3.8, 4) is 0 Å². The first-order chi connectivity index (χ1) is 12.5. The second-order valence-electron chi connectivity index (χ2n) is 6.89. The van der Waals surface area contributed by atoms with Crippen LogP contribution < -0.4 is 10.6 Å². The van der Waals surface area contributed by atoms with Gasteiger partial charge in [-0.3, -0.25) is 4.79 Å². The molecule has 0 saturated carbocycles. The Bertz CT molecular complexity index is 879. The normalized spacial score (nSPS) is 21.3. The molecule has 4 rings (SSSR count). The molecule has 1 aromatic heterocycles. The van der Waals surface area contributed by atoms with Crippen LogP contribution in [0, 0.1) is 0 Å². The molecule has 0 spiro atoms. The molecule has 0 saturated heterocycles. The van der Waals surface area contributed by atoms with Gasteiger partial charge >= 0.3 is 6.03 Å². The van der Waals surface area contributed by atoms with E-state index in [1.54, 1.807) is 35.4 Å². The van der Waals surface area contributed by atoms with Gasteiger partial charge in [0.15, 0.2) is 0 Å². The van der Waals surface area contributed by atoms with Gasteiger partial charge in [-0.15, -0.1) is 11.3 Å². The first-order valence-corrected chi connectivity index (χ1v) is 9.49. The van der Waals surface area contributed by atoms with Crippen molar-refractivity contribution in [1.82, 2.24) is 10.2 Å². The fourth-order valence-electron chi connectivity index (χ4n) is 3.60. The topological polar surface area (TPSA) is 70.7 Å². The highest BCUT2D eigenvalue weighted by Crippen LogP contribution is 2.35. The number of anilines is 1. The summed E-state index contributed by atoms with van der Waals surface area (Å²) < 4.78 is 5.97. The van der Waals surface area contributed by atoms with E-state index in [1.165, 1.54) is 4.88 Å². The third kappa shape index (κ3) is 2.87. The Morgan fingerprint density at radius 1 is 1.38 bits per heavy atom. The van der Waals surface area contributed by atoms with E-state index in [0.29, 0.717) is 30.9 Å². The maximum absolute atomic E-state index is 12.4. The molecule has 1 unspecified atom stereocenters. The van der Waals surface area contributed by atoms with Gasteiger partial charge in [-0.1, -0.05) is 6.07 Å². The molecule has 3 heterocycles. The van der Waals surface area contributed by atoms with Crippen molar-refractivity contribution >= 4 is 29.0 Å². The molecule has 0 bridgehead atoms. The minimum absolute atomic E-state index is 0.0165. The van der Waals surface area contributed by atoms with Crippen LogP contribution >= 0.6 is 11.3 Å². The Morgan fingerprint density at radius 2 is 2.23 bits per heavy atom. The number of amides is 3. The van der Waals surface area contributed by atoms with Crippen molar-refractivity contribution in [3.05, 3.63) is 51.2 Å².